The molecule has 44 heavy (non-hydrogen) atoms. The van der Waals surface area contributed by atoms with E-state index in [0.29, 0.717) is 17.8 Å². The zero-order chi connectivity index (χ0) is 30.6. The number of halogens is 2. The fourth-order valence-corrected chi connectivity index (χ4v) is 6.03. The average Bonchev–Trinajstić information content (AvgIpc) is 3.44. The quantitative estimate of drug-likeness (QED) is 0.228. The van der Waals surface area contributed by atoms with Crippen molar-refractivity contribution >= 4 is 23.0 Å². The highest BCUT2D eigenvalue weighted by molar-refractivity contribution is 6.07. The van der Waals surface area contributed by atoms with Gasteiger partial charge in [0.25, 0.3) is 5.91 Å². The minimum Gasteiger partial charge on any atom is -0.489 e. The van der Waals surface area contributed by atoms with Crippen LogP contribution in [0.5, 0.6) is 5.75 Å². The lowest BCUT2D eigenvalue weighted by Gasteiger charge is -2.37. The van der Waals surface area contributed by atoms with Gasteiger partial charge in [0.15, 0.2) is 0 Å². The van der Waals surface area contributed by atoms with E-state index in [0.717, 1.165) is 67.4 Å². The number of ether oxygens (including phenoxy) is 1. The number of anilines is 3. The molecule has 4 aromatic rings. The van der Waals surface area contributed by atoms with Crippen molar-refractivity contribution in [2.75, 3.05) is 47.8 Å². The molecule has 1 saturated heterocycles. The number of benzene rings is 4. The molecule has 0 saturated carbocycles. The lowest BCUT2D eigenvalue weighted by molar-refractivity contribution is 0.0989. The molecule has 4 aromatic carbocycles. The Balaban J connectivity index is 1.09. The second-order valence-corrected chi connectivity index (χ2v) is 11.7. The first kappa shape index (κ1) is 29.6. The number of piperazine rings is 1. The fraction of sp³-hybridized carbons (Fsp3) is 0.306. The molecule has 2 heterocycles. The van der Waals surface area contributed by atoms with E-state index >= 15 is 0 Å². The van der Waals surface area contributed by atoms with Gasteiger partial charge in [0.05, 0.1) is 11.8 Å². The third kappa shape index (κ3) is 6.55. The van der Waals surface area contributed by atoms with Gasteiger partial charge in [-0.2, -0.15) is 0 Å². The minimum atomic E-state index is -0.584. The highest BCUT2D eigenvalue weighted by Crippen LogP contribution is 2.33. The number of hydrogen-bond acceptors (Lipinski definition) is 5. The summed E-state index contributed by atoms with van der Waals surface area (Å²) in [5, 5.41) is 3.12. The summed E-state index contributed by atoms with van der Waals surface area (Å²) >= 11 is 0. The van der Waals surface area contributed by atoms with Crippen molar-refractivity contribution in [3.63, 3.8) is 0 Å². The van der Waals surface area contributed by atoms with Crippen molar-refractivity contribution in [3.05, 3.63) is 119 Å². The van der Waals surface area contributed by atoms with E-state index in [1.54, 1.807) is 4.90 Å². The maximum Gasteiger partial charge on any atom is 0.258 e. The molecule has 0 atom stereocenters. The van der Waals surface area contributed by atoms with Crippen LogP contribution in [0, 0.1) is 11.6 Å². The number of hydrogen-bond donors (Lipinski definition) is 1. The monoisotopic (exact) mass is 596 g/mol. The second kappa shape index (κ2) is 13.1. The van der Waals surface area contributed by atoms with Gasteiger partial charge in [0.1, 0.15) is 17.4 Å². The van der Waals surface area contributed by atoms with Crippen LogP contribution in [-0.4, -0.2) is 49.6 Å². The molecule has 0 aromatic heterocycles. The van der Waals surface area contributed by atoms with Gasteiger partial charge in [-0.05, 0) is 79.9 Å². The molecule has 0 unspecified atom stereocenters. The maximum absolute atomic E-state index is 14.1. The zero-order valence-corrected chi connectivity index (χ0v) is 25.2. The van der Waals surface area contributed by atoms with E-state index in [-0.39, 0.29) is 24.1 Å². The highest BCUT2D eigenvalue weighted by Gasteiger charge is 2.27. The molecule has 0 spiro atoms. The fourth-order valence-electron chi connectivity index (χ4n) is 6.03. The van der Waals surface area contributed by atoms with Crippen molar-refractivity contribution < 1.29 is 18.3 Å². The summed E-state index contributed by atoms with van der Waals surface area (Å²) < 4.78 is 34.3. The Morgan fingerprint density at radius 3 is 2.36 bits per heavy atom. The van der Waals surface area contributed by atoms with Crippen LogP contribution in [0.3, 0.4) is 0 Å². The third-order valence-corrected chi connectivity index (χ3v) is 8.28. The van der Waals surface area contributed by atoms with Crippen LogP contribution in [0.2, 0.25) is 0 Å². The van der Waals surface area contributed by atoms with Gasteiger partial charge in [-0.15, -0.1) is 0 Å². The molecule has 0 aliphatic carbocycles. The molecule has 6 rings (SSSR count). The largest absolute Gasteiger partial charge is 0.489 e. The van der Waals surface area contributed by atoms with Gasteiger partial charge in [-0.1, -0.05) is 36.4 Å². The Labute approximate surface area is 257 Å². The van der Waals surface area contributed by atoms with Gasteiger partial charge in [-0.3, -0.25) is 9.69 Å². The topological polar surface area (TPSA) is 48.1 Å². The van der Waals surface area contributed by atoms with Gasteiger partial charge in [0, 0.05) is 68.3 Å². The van der Waals surface area contributed by atoms with E-state index in [4.69, 9.17) is 4.74 Å². The van der Waals surface area contributed by atoms with E-state index in [1.165, 1.54) is 18.2 Å². The van der Waals surface area contributed by atoms with Crippen LogP contribution in [0.25, 0.3) is 0 Å². The summed E-state index contributed by atoms with van der Waals surface area (Å²) in [6, 6.07) is 25.8. The van der Waals surface area contributed by atoms with Crippen LogP contribution < -0.4 is 19.9 Å². The van der Waals surface area contributed by atoms with Crippen molar-refractivity contribution in [3.8, 4) is 5.75 Å². The van der Waals surface area contributed by atoms with E-state index in [1.807, 2.05) is 62.4 Å². The number of nitrogens with one attached hydrogen (secondary N) is 1. The van der Waals surface area contributed by atoms with Crippen molar-refractivity contribution in [2.45, 2.75) is 39.5 Å². The van der Waals surface area contributed by atoms with Gasteiger partial charge >= 0.3 is 0 Å². The maximum atomic E-state index is 14.1. The minimum absolute atomic E-state index is 0.0101. The summed E-state index contributed by atoms with van der Waals surface area (Å²) in [5.41, 5.74) is 5.50. The first-order chi connectivity index (χ1) is 21.4. The summed E-state index contributed by atoms with van der Waals surface area (Å²) in [5.74, 6) is -0.292. The molecular formula is C36H38F2N4O2. The predicted molar refractivity (Wildman–Crippen MR) is 172 cm³/mol. The Hall–Kier alpha value is -4.43. The van der Waals surface area contributed by atoms with Crippen LogP contribution in [0.15, 0.2) is 84.9 Å². The van der Waals surface area contributed by atoms with Crippen molar-refractivity contribution in [1.82, 2.24) is 4.90 Å². The smallest absolute Gasteiger partial charge is 0.258 e. The number of amides is 1. The molecule has 8 heteroatoms. The molecule has 6 nitrogen and oxygen atoms in total. The Kier molecular flexibility index (Phi) is 8.79. The van der Waals surface area contributed by atoms with Crippen LogP contribution >= 0.6 is 0 Å². The number of fused-ring (bicyclic) bond motifs is 1. The summed E-state index contributed by atoms with van der Waals surface area (Å²) in [4.78, 5) is 20.3. The zero-order valence-electron chi connectivity index (χ0n) is 25.2. The normalized spacial score (nSPS) is 15.0. The molecule has 228 valence electrons. The molecule has 1 N–H and O–H groups in total. The lowest BCUT2D eigenvalue weighted by atomic mass is 10.1. The lowest BCUT2D eigenvalue weighted by Crippen LogP contribution is -2.46. The first-order valence-electron chi connectivity index (χ1n) is 15.3. The molecular weight excluding hydrogens is 558 g/mol. The number of carbonyl (C=O) groups excluding carboxylic acids is 1. The molecule has 2 aliphatic heterocycles. The molecule has 0 bridgehead atoms. The number of carbonyl (C=O) groups is 1. The number of rotatable bonds is 9. The van der Waals surface area contributed by atoms with Gasteiger partial charge in [-0.25, -0.2) is 8.78 Å². The average molecular weight is 597 g/mol. The second-order valence-electron chi connectivity index (χ2n) is 11.7. The number of para-hydroxylation sites is 2. The third-order valence-electron chi connectivity index (χ3n) is 8.28. The summed E-state index contributed by atoms with van der Waals surface area (Å²) in [6.07, 6.45) is 0.884. The van der Waals surface area contributed by atoms with E-state index in [2.05, 4.69) is 33.3 Å². The summed E-state index contributed by atoms with van der Waals surface area (Å²) in [7, 11) is 0. The predicted octanol–water partition coefficient (Wildman–Crippen LogP) is 6.89. The number of nitrogens with zero attached hydrogens (tertiary/aromatic N) is 3. The molecule has 2 aliphatic rings. The standard InChI is InChI=1S/C36H38F2N4O2/c1-25(2)44-35-12-4-3-11-33(35)41-19-17-40(18-20-41)24-26-7-5-8-28(21-26)36(43)42-16-15-27-13-14-29(22-34(27)42)39-23-30-31(37)9-6-10-32(30)38/h3-14,21-22,25,39H,15-20,23-24H2,1-2H3. The molecule has 1 fully saturated rings. The van der Waals surface area contributed by atoms with E-state index in [9.17, 15) is 13.6 Å². The van der Waals surface area contributed by atoms with Gasteiger partial charge < -0.3 is 19.9 Å². The molecule has 1 amide bonds. The summed E-state index contributed by atoms with van der Waals surface area (Å²) in [6.45, 7) is 9.11. The Bertz CT molecular complexity index is 1610. The Morgan fingerprint density at radius 2 is 1.59 bits per heavy atom. The molecule has 0 radical (unpaired) electrons. The highest BCUT2D eigenvalue weighted by atomic mass is 19.1. The van der Waals surface area contributed by atoms with Crippen LogP contribution in [0.4, 0.5) is 25.8 Å². The van der Waals surface area contributed by atoms with Gasteiger partial charge in [0.2, 0.25) is 0 Å². The van der Waals surface area contributed by atoms with Crippen LogP contribution in [0.1, 0.15) is 40.9 Å². The first-order valence-corrected chi connectivity index (χ1v) is 15.3. The van der Waals surface area contributed by atoms with Crippen molar-refractivity contribution in [1.29, 1.82) is 0 Å². The van der Waals surface area contributed by atoms with E-state index < -0.39 is 11.6 Å². The SMILES string of the molecule is CC(C)Oc1ccccc1N1CCN(Cc2cccc(C(=O)N3CCc4ccc(NCc5c(F)cccc5F)cc43)c2)CC1. The Morgan fingerprint density at radius 1 is 0.841 bits per heavy atom. The van der Waals surface area contributed by atoms with Crippen molar-refractivity contribution in [2.24, 2.45) is 0 Å². The van der Waals surface area contributed by atoms with Crippen LogP contribution in [-0.2, 0) is 19.5 Å².